The zero-order valence-electron chi connectivity index (χ0n) is 18.4. The SMILES string of the molecule is COCCOc1cccc(C(F)(F)F)c1.O=S(Nc1ccncn1)c1ccc2c(c1)OCCC2. The summed E-state index contributed by atoms with van der Waals surface area (Å²) in [5, 5.41) is 0. The van der Waals surface area contributed by atoms with E-state index < -0.39 is 22.7 Å². The second-order valence-corrected chi connectivity index (χ2v) is 8.27. The van der Waals surface area contributed by atoms with Gasteiger partial charge in [-0.2, -0.15) is 13.2 Å². The Morgan fingerprint density at radius 2 is 2.00 bits per heavy atom. The van der Waals surface area contributed by atoms with Crippen molar-refractivity contribution in [1.29, 1.82) is 0 Å². The summed E-state index contributed by atoms with van der Waals surface area (Å²) in [4.78, 5) is 8.48. The third-order valence-corrected chi connectivity index (χ3v) is 5.67. The molecule has 4 rings (SSSR count). The maximum atomic E-state index is 12.3. The molecule has 0 spiro atoms. The molecular weight excluding hydrogens is 471 g/mol. The number of hydrogen-bond acceptors (Lipinski definition) is 6. The highest BCUT2D eigenvalue weighted by molar-refractivity contribution is 7.86. The van der Waals surface area contributed by atoms with Gasteiger partial charge in [-0.05, 0) is 54.8 Å². The Balaban J connectivity index is 0.000000197. The van der Waals surface area contributed by atoms with E-state index in [0.717, 1.165) is 37.3 Å². The van der Waals surface area contributed by atoms with Crippen molar-refractivity contribution in [2.75, 3.05) is 31.7 Å². The van der Waals surface area contributed by atoms with Gasteiger partial charge in [-0.25, -0.2) is 14.2 Å². The van der Waals surface area contributed by atoms with E-state index in [2.05, 4.69) is 14.7 Å². The Morgan fingerprint density at radius 1 is 1.15 bits per heavy atom. The van der Waals surface area contributed by atoms with Crippen molar-refractivity contribution in [3.63, 3.8) is 0 Å². The quantitative estimate of drug-likeness (QED) is 0.480. The number of aryl methyl sites for hydroxylation is 1. The number of nitrogens with zero attached hydrogens (tertiary/aromatic N) is 2. The lowest BCUT2D eigenvalue weighted by molar-refractivity contribution is -0.137. The third kappa shape index (κ3) is 7.70. The average Bonchev–Trinajstić information content (AvgIpc) is 2.84. The van der Waals surface area contributed by atoms with Crippen LogP contribution in [0.2, 0.25) is 0 Å². The fourth-order valence-corrected chi connectivity index (χ4v) is 3.78. The van der Waals surface area contributed by atoms with Crippen LogP contribution in [0, 0.1) is 0 Å². The summed E-state index contributed by atoms with van der Waals surface area (Å²) in [5.41, 5.74) is 0.464. The van der Waals surface area contributed by atoms with Crippen LogP contribution in [0.15, 0.2) is 66.0 Å². The molecule has 7 nitrogen and oxygen atoms in total. The number of halogens is 3. The van der Waals surface area contributed by atoms with Crippen molar-refractivity contribution in [1.82, 2.24) is 9.97 Å². The lowest BCUT2D eigenvalue weighted by Gasteiger charge is -2.17. The van der Waals surface area contributed by atoms with Crippen LogP contribution in [-0.2, 0) is 28.3 Å². The molecule has 0 bridgehead atoms. The molecule has 0 radical (unpaired) electrons. The van der Waals surface area contributed by atoms with Gasteiger partial charge in [-0.3, -0.25) is 4.72 Å². The van der Waals surface area contributed by atoms with Crippen LogP contribution in [0.4, 0.5) is 19.0 Å². The summed E-state index contributed by atoms with van der Waals surface area (Å²) in [5.74, 6) is 1.57. The standard InChI is InChI=1S/C13H13N3O2S.C10H11F3O2/c17-19(16-13-5-6-14-9-15-13)11-4-3-10-2-1-7-18-12(10)8-11;1-14-5-6-15-9-4-2-3-8(7-9)10(11,12)13/h3-6,8-9H,1-2,7H2,(H,14,15,16);2-4,7H,5-6H2,1H3. The van der Waals surface area contributed by atoms with E-state index in [4.69, 9.17) is 14.2 Å². The van der Waals surface area contributed by atoms with Crippen molar-refractivity contribution in [2.24, 2.45) is 0 Å². The Morgan fingerprint density at radius 3 is 2.74 bits per heavy atom. The molecule has 0 fully saturated rings. The number of hydrogen-bond donors (Lipinski definition) is 1. The maximum Gasteiger partial charge on any atom is 0.416 e. The third-order valence-electron chi connectivity index (χ3n) is 4.60. The van der Waals surface area contributed by atoms with Crippen LogP contribution in [0.5, 0.6) is 11.5 Å². The first-order valence-electron chi connectivity index (χ1n) is 10.4. The van der Waals surface area contributed by atoms with E-state index >= 15 is 0 Å². The highest BCUT2D eigenvalue weighted by atomic mass is 32.2. The predicted molar refractivity (Wildman–Crippen MR) is 121 cm³/mol. The van der Waals surface area contributed by atoms with Gasteiger partial charge in [0.2, 0.25) is 0 Å². The van der Waals surface area contributed by atoms with Gasteiger partial charge in [-0.1, -0.05) is 12.1 Å². The van der Waals surface area contributed by atoms with E-state index in [1.165, 1.54) is 31.1 Å². The molecule has 0 amide bonds. The number of rotatable bonds is 7. The molecule has 1 unspecified atom stereocenters. The molecule has 3 aromatic rings. The molecule has 0 saturated heterocycles. The number of aromatic nitrogens is 2. The smallest absolute Gasteiger partial charge is 0.416 e. The monoisotopic (exact) mass is 495 g/mol. The minimum absolute atomic E-state index is 0.196. The van der Waals surface area contributed by atoms with Crippen LogP contribution in [0.25, 0.3) is 0 Å². The summed E-state index contributed by atoms with van der Waals surface area (Å²) in [6.45, 7) is 1.30. The zero-order chi connectivity index (χ0) is 24.4. The van der Waals surface area contributed by atoms with Crippen molar-refractivity contribution >= 4 is 16.8 Å². The van der Waals surface area contributed by atoms with Gasteiger partial charge in [0.05, 0.1) is 23.7 Å². The summed E-state index contributed by atoms with van der Waals surface area (Å²) in [6, 6.07) is 12.1. The lowest BCUT2D eigenvalue weighted by Crippen LogP contribution is -2.10. The van der Waals surface area contributed by atoms with Gasteiger partial charge in [0.25, 0.3) is 0 Å². The number of nitrogens with one attached hydrogen (secondary N) is 1. The minimum atomic E-state index is -4.33. The lowest BCUT2D eigenvalue weighted by atomic mass is 10.1. The summed E-state index contributed by atoms with van der Waals surface area (Å²) in [6.07, 6.45) is 0.731. The maximum absolute atomic E-state index is 12.3. The van der Waals surface area contributed by atoms with Gasteiger partial charge in [0.15, 0.2) is 11.0 Å². The summed E-state index contributed by atoms with van der Waals surface area (Å²) in [7, 11) is 0.143. The fourth-order valence-electron chi connectivity index (χ4n) is 2.95. The van der Waals surface area contributed by atoms with E-state index in [1.54, 1.807) is 12.3 Å². The number of alkyl halides is 3. The molecule has 1 atom stereocenters. The van der Waals surface area contributed by atoms with Gasteiger partial charge >= 0.3 is 6.18 Å². The number of benzene rings is 2. The van der Waals surface area contributed by atoms with Crippen LogP contribution in [0.3, 0.4) is 0 Å². The van der Waals surface area contributed by atoms with Crippen molar-refractivity contribution < 1.29 is 31.6 Å². The van der Waals surface area contributed by atoms with Crippen LogP contribution in [-0.4, -0.2) is 41.1 Å². The fraction of sp³-hybridized carbons (Fsp3) is 0.304. The predicted octanol–water partition coefficient (Wildman–Crippen LogP) is 4.67. The number of methoxy groups -OCH3 is 1. The number of fused-ring (bicyclic) bond motifs is 1. The van der Waals surface area contributed by atoms with E-state index in [1.807, 2.05) is 18.2 Å². The topological polar surface area (TPSA) is 82.6 Å². The average molecular weight is 496 g/mol. The molecule has 1 aliphatic heterocycles. The molecule has 182 valence electrons. The first-order chi connectivity index (χ1) is 16.4. The molecule has 2 aromatic carbocycles. The largest absolute Gasteiger partial charge is 0.493 e. The molecule has 0 saturated carbocycles. The molecule has 1 aliphatic rings. The molecule has 1 N–H and O–H groups in total. The first-order valence-corrected chi connectivity index (χ1v) is 11.5. The van der Waals surface area contributed by atoms with Crippen molar-refractivity contribution in [3.8, 4) is 11.5 Å². The molecule has 1 aromatic heterocycles. The van der Waals surface area contributed by atoms with Crippen LogP contribution in [0.1, 0.15) is 17.5 Å². The van der Waals surface area contributed by atoms with Gasteiger partial charge in [0, 0.05) is 13.3 Å². The minimum Gasteiger partial charge on any atom is -0.493 e. The van der Waals surface area contributed by atoms with Gasteiger partial charge < -0.3 is 14.2 Å². The van der Waals surface area contributed by atoms with Crippen LogP contribution < -0.4 is 14.2 Å². The van der Waals surface area contributed by atoms with Gasteiger partial charge in [0.1, 0.15) is 30.3 Å². The summed E-state index contributed by atoms with van der Waals surface area (Å²) < 4.78 is 67.2. The number of anilines is 1. The van der Waals surface area contributed by atoms with Crippen molar-refractivity contribution in [2.45, 2.75) is 23.9 Å². The summed E-state index contributed by atoms with van der Waals surface area (Å²) >= 11 is 0. The highest BCUT2D eigenvalue weighted by Gasteiger charge is 2.30. The highest BCUT2D eigenvalue weighted by Crippen LogP contribution is 2.31. The number of ether oxygens (including phenoxy) is 3. The van der Waals surface area contributed by atoms with Gasteiger partial charge in [-0.15, -0.1) is 0 Å². The molecule has 2 heterocycles. The van der Waals surface area contributed by atoms with Crippen LogP contribution >= 0.6 is 0 Å². The second-order valence-electron chi connectivity index (χ2n) is 7.05. The molecule has 0 aliphatic carbocycles. The Labute approximate surface area is 197 Å². The van der Waals surface area contributed by atoms with E-state index in [-0.39, 0.29) is 12.4 Å². The molecule has 34 heavy (non-hydrogen) atoms. The van der Waals surface area contributed by atoms with E-state index in [9.17, 15) is 17.4 Å². The van der Waals surface area contributed by atoms with Crippen molar-refractivity contribution in [3.05, 3.63) is 72.2 Å². The Bertz CT molecular complexity index is 1080. The first kappa shape index (κ1) is 25.4. The second kappa shape index (κ2) is 12.3. The molecular formula is C23H24F3N3O4S. The Hall–Kier alpha value is -3.18. The zero-order valence-corrected chi connectivity index (χ0v) is 19.2. The Kier molecular flexibility index (Phi) is 9.23. The van der Waals surface area contributed by atoms with E-state index in [0.29, 0.717) is 17.3 Å². The normalized spacial score (nSPS) is 13.5. The molecule has 11 heteroatoms.